The summed E-state index contributed by atoms with van der Waals surface area (Å²) in [5, 5.41) is 26.7. The summed E-state index contributed by atoms with van der Waals surface area (Å²) in [7, 11) is 1.56. The molecule has 1 aliphatic rings. The van der Waals surface area contributed by atoms with Crippen LogP contribution in [0.4, 0.5) is 17.1 Å². The van der Waals surface area contributed by atoms with Crippen LogP contribution in [0.15, 0.2) is 73.2 Å². The molecule has 2 aromatic carbocycles. The Morgan fingerprint density at radius 3 is 2.64 bits per heavy atom. The van der Waals surface area contributed by atoms with Gasteiger partial charge in [0.05, 0.1) is 66.2 Å². The van der Waals surface area contributed by atoms with Gasteiger partial charge in [-0.1, -0.05) is 47.1 Å². The Morgan fingerprint density at radius 2 is 1.95 bits per heavy atom. The first kappa shape index (κ1) is 24.6. The van der Waals surface area contributed by atoms with E-state index >= 15 is 0 Å². The third-order valence-electron chi connectivity index (χ3n) is 6.52. The number of nitrogens with zero attached hydrogens (tertiary/aromatic N) is 6. The molecule has 1 saturated heterocycles. The first-order valence-corrected chi connectivity index (χ1v) is 12.6. The van der Waals surface area contributed by atoms with Crippen molar-refractivity contribution in [2.75, 3.05) is 31.0 Å². The molecule has 6 rings (SSSR count). The number of ether oxygens (including phenoxy) is 2. The van der Waals surface area contributed by atoms with Crippen molar-refractivity contribution >= 4 is 39.6 Å². The third kappa shape index (κ3) is 4.93. The number of hydrogen-bond donors (Lipinski definition) is 2. The predicted molar refractivity (Wildman–Crippen MR) is 147 cm³/mol. The molecule has 0 radical (unpaired) electrons. The number of anilines is 3. The highest BCUT2D eigenvalue weighted by Crippen LogP contribution is 2.36. The molecule has 1 fully saturated rings. The zero-order valence-corrected chi connectivity index (χ0v) is 21.6. The van der Waals surface area contributed by atoms with Gasteiger partial charge in [0.2, 0.25) is 5.88 Å². The van der Waals surface area contributed by atoms with Gasteiger partial charge in [0.25, 0.3) is 0 Å². The van der Waals surface area contributed by atoms with Crippen molar-refractivity contribution in [2.24, 2.45) is 0 Å². The first-order chi connectivity index (χ1) is 19.1. The largest absolute Gasteiger partial charge is 0.481 e. The van der Waals surface area contributed by atoms with Crippen LogP contribution in [-0.4, -0.2) is 45.3 Å². The molecule has 2 N–H and O–H groups in total. The van der Waals surface area contributed by atoms with Gasteiger partial charge in [0, 0.05) is 23.3 Å². The zero-order chi connectivity index (χ0) is 26.8. The van der Waals surface area contributed by atoms with E-state index in [1.165, 1.54) is 6.20 Å². The highest BCUT2D eigenvalue weighted by atomic mass is 35.5. The molecule has 10 nitrogen and oxygen atoms in total. The average molecular weight is 539 g/mol. The molecule has 0 saturated carbocycles. The Hall–Kier alpha value is -4.72. The Kier molecular flexibility index (Phi) is 6.67. The van der Waals surface area contributed by atoms with Crippen molar-refractivity contribution in [1.29, 1.82) is 5.26 Å². The van der Waals surface area contributed by atoms with Gasteiger partial charge in [-0.05, 0) is 23.8 Å². The molecule has 4 heterocycles. The second-order valence-corrected chi connectivity index (χ2v) is 9.44. The lowest BCUT2D eigenvalue weighted by atomic mass is 10.0. The highest BCUT2D eigenvalue weighted by molar-refractivity contribution is 6.36. The van der Waals surface area contributed by atoms with Crippen LogP contribution in [0.2, 0.25) is 5.02 Å². The minimum atomic E-state index is -0.302. The number of fused-ring (bicyclic) bond motifs is 1. The number of nitriles is 1. The van der Waals surface area contributed by atoms with Gasteiger partial charge >= 0.3 is 0 Å². The van der Waals surface area contributed by atoms with Crippen molar-refractivity contribution in [1.82, 2.24) is 25.0 Å². The van der Waals surface area contributed by atoms with E-state index in [1.54, 1.807) is 19.4 Å². The fraction of sp³-hybridized carbons (Fsp3) is 0.179. The molecule has 0 bridgehead atoms. The molecule has 194 valence electrons. The number of rotatable bonds is 8. The number of hydrogen-bond acceptors (Lipinski definition) is 9. The summed E-state index contributed by atoms with van der Waals surface area (Å²) in [6.07, 6.45) is 5.09. The number of halogens is 1. The molecule has 1 unspecified atom stereocenters. The minimum Gasteiger partial charge on any atom is -0.481 e. The smallest absolute Gasteiger partial charge is 0.213 e. The van der Waals surface area contributed by atoms with E-state index in [0.29, 0.717) is 52.0 Å². The number of pyridine rings is 2. The van der Waals surface area contributed by atoms with Crippen molar-refractivity contribution in [3.63, 3.8) is 0 Å². The molecule has 11 heteroatoms. The van der Waals surface area contributed by atoms with Gasteiger partial charge < -0.3 is 20.1 Å². The molecule has 3 aromatic heterocycles. The van der Waals surface area contributed by atoms with E-state index in [4.69, 9.17) is 21.1 Å². The van der Waals surface area contributed by atoms with E-state index in [9.17, 15) is 5.26 Å². The summed E-state index contributed by atoms with van der Waals surface area (Å²) in [6.45, 7) is 1.25. The predicted octanol–water partition coefficient (Wildman–Crippen LogP) is 5.27. The van der Waals surface area contributed by atoms with E-state index < -0.39 is 0 Å². The summed E-state index contributed by atoms with van der Waals surface area (Å²) in [5.41, 5.74) is 4.71. The molecule has 5 aromatic rings. The van der Waals surface area contributed by atoms with E-state index in [0.717, 1.165) is 16.9 Å². The number of methoxy groups -OCH3 is 1. The maximum atomic E-state index is 9.85. The van der Waals surface area contributed by atoms with Crippen molar-refractivity contribution in [3.8, 4) is 11.9 Å². The topological polar surface area (TPSA) is 123 Å². The standard InChI is InChI=1S/C28H23ClN8O2/c1-38-25-8-7-19(13-31-25)33-26-18(11-30)12-32-28-22(26)9-20(10-23(28)29)34-27(17-5-3-2-4-6-17)24-14-37(36-35-24)21-15-39-16-21/h2-10,12-14,21,27,34H,15-16H2,1H3,(H,32,33). The number of nitrogens with one attached hydrogen (secondary N) is 2. The van der Waals surface area contributed by atoms with E-state index in [1.807, 2.05) is 59.4 Å². The quantitative estimate of drug-likeness (QED) is 0.272. The van der Waals surface area contributed by atoms with Crippen LogP contribution in [-0.2, 0) is 4.74 Å². The van der Waals surface area contributed by atoms with Crippen LogP contribution >= 0.6 is 11.6 Å². The first-order valence-electron chi connectivity index (χ1n) is 12.2. The second kappa shape index (κ2) is 10.6. The summed E-state index contributed by atoms with van der Waals surface area (Å²) in [6, 6.07) is 19.4. The molecule has 0 spiro atoms. The minimum absolute atomic E-state index is 0.189. The van der Waals surface area contributed by atoms with Crippen LogP contribution in [0, 0.1) is 11.3 Å². The van der Waals surface area contributed by atoms with Crippen molar-refractivity contribution in [2.45, 2.75) is 12.1 Å². The third-order valence-corrected chi connectivity index (χ3v) is 6.81. The number of aromatic nitrogens is 5. The lowest BCUT2D eigenvalue weighted by Gasteiger charge is -2.25. The molecular weight excluding hydrogens is 516 g/mol. The molecule has 1 aliphatic heterocycles. The summed E-state index contributed by atoms with van der Waals surface area (Å²) in [4.78, 5) is 8.71. The van der Waals surface area contributed by atoms with Crippen LogP contribution in [0.5, 0.6) is 5.88 Å². The Labute approximate surface area is 229 Å². The Balaban J connectivity index is 1.41. The molecule has 0 amide bonds. The lowest BCUT2D eigenvalue weighted by Crippen LogP contribution is -2.31. The van der Waals surface area contributed by atoms with Crippen LogP contribution < -0.4 is 15.4 Å². The van der Waals surface area contributed by atoms with Gasteiger partial charge in [-0.3, -0.25) is 4.98 Å². The average Bonchev–Trinajstić information content (AvgIpc) is 3.41. The van der Waals surface area contributed by atoms with Gasteiger partial charge in [0.15, 0.2) is 0 Å². The highest BCUT2D eigenvalue weighted by Gasteiger charge is 2.25. The second-order valence-electron chi connectivity index (χ2n) is 9.03. The Bertz CT molecular complexity index is 1660. The van der Waals surface area contributed by atoms with Crippen molar-refractivity contribution in [3.05, 3.63) is 95.0 Å². The van der Waals surface area contributed by atoms with Gasteiger partial charge in [-0.25, -0.2) is 9.67 Å². The SMILES string of the molecule is COc1ccc(Nc2c(C#N)cnc3c(Cl)cc(NC(c4ccccc4)c4cn(C5COC5)nn4)cc23)cn1. The summed E-state index contributed by atoms with van der Waals surface area (Å²) in [5.74, 6) is 0.490. The maximum absolute atomic E-state index is 9.85. The maximum Gasteiger partial charge on any atom is 0.213 e. The van der Waals surface area contributed by atoms with Crippen molar-refractivity contribution < 1.29 is 9.47 Å². The van der Waals surface area contributed by atoms with E-state index in [-0.39, 0.29) is 12.1 Å². The summed E-state index contributed by atoms with van der Waals surface area (Å²) >= 11 is 6.73. The molecule has 0 aliphatic carbocycles. The normalized spacial score (nSPS) is 13.9. The fourth-order valence-corrected chi connectivity index (χ4v) is 4.67. The Morgan fingerprint density at radius 1 is 1.10 bits per heavy atom. The fourth-order valence-electron chi connectivity index (χ4n) is 4.40. The van der Waals surface area contributed by atoms with Gasteiger partial charge in [-0.2, -0.15) is 5.26 Å². The zero-order valence-electron chi connectivity index (χ0n) is 20.9. The van der Waals surface area contributed by atoms with Crippen LogP contribution in [0.25, 0.3) is 10.9 Å². The van der Waals surface area contributed by atoms with Crippen LogP contribution in [0.3, 0.4) is 0 Å². The van der Waals surface area contributed by atoms with Gasteiger partial charge in [-0.15, -0.1) is 5.10 Å². The monoisotopic (exact) mass is 538 g/mol. The number of benzene rings is 2. The van der Waals surface area contributed by atoms with Crippen LogP contribution in [0.1, 0.15) is 28.9 Å². The van der Waals surface area contributed by atoms with Gasteiger partial charge in [0.1, 0.15) is 17.8 Å². The lowest BCUT2D eigenvalue weighted by molar-refractivity contribution is -0.0293. The molecule has 39 heavy (non-hydrogen) atoms. The summed E-state index contributed by atoms with van der Waals surface area (Å²) < 4.78 is 12.3. The molecule has 1 atom stereocenters. The van der Waals surface area contributed by atoms with E-state index in [2.05, 4.69) is 37.0 Å². The molecular formula is C28H23ClN8O2.